The molecule has 0 radical (unpaired) electrons. The molecular weight excluding hydrogens is 592 g/mol. The number of aliphatic carboxylic acids is 1. The minimum atomic E-state index is -1.48. The lowest BCUT2D eigenvalue weighted by Crippen LogP contribution is -2.59. The molecule has 1 fully saturated rings. The molecule has 0 spiro atoms. The van der Waals surface area contributed by atoms with Gasteiger partial charge in [-0.05, 0) is 60.8 Å². The molecule has 1 aromatic rings. The van der Waals surface area contributed by atoms with Crippen LogP contribution in [0.3, 0.4) is 0 Å². The van der Waals surface area contributed by atoms with Gasteiger partial charge in [-0.15, -0.1) is 0 Å². The van der Waals surface area contributed by atoms with Crippen molar-refractivity contribution >= 4 is 47.5 Å². The maximum atomic E-state index is 13.9. The van der Waals surface area contributed by atoms with Crippen LogP contribution in [0.5, 0.6) is 0 Å². The Morgan fingerprint density at radius 3 is 2.33 bits per heavy atom. The molecule has 13 nitrogen and oxygen atoms in total. The smallest absolute Gasteiger partial charge is 0.305 e. The van der Waals surface area contributed by atoms with E-state index in [0.29, 0.717) is 19.3 Å². The van der Waals surface area contributed by atoms with Gasteiger partial charge in [-0.2, -0.15) is 0 Å². The molecule has 0 aromatic carbocycles. The van der Waals surface area contributed by atoms with Crippen molar-refractivity contribution in [3.63, 3.8) is 0 Å². The fourth-order valence-corrected chi connectivity index (χ4v) is 6.27. The summed E-state index contributed by atoms with van der Waals surface area (Å²) in [6.45, 7) is 7.64. The molecule has 0 saturated carbocycles. The lowest BCUT2D eigenvalue weighted by Gasteiger charge is -2.30. The van der Waals surface area contributed by atoms with Crippen LogP contribution in [0.4, 0.5) is 0 Å². The van der Waals surface area contributed by atoms with Crippen LogP contribution in [-0.4, -0.2) is 87.1 Å². The summed E-state index contributed by atoms with van der Waals surface area (Å²) < 4.78 is 0. The van der Waals surface area contributed by atoms with Gasteiger partial charge in [0, 0.05) is 30.7 Å². The van der Waals surface area contributed by atoms with Crippen molar-refractivity contribution in [1.29, 1.82) is 0 Å². The van der Waals surface area contributed by atoms with Crippen LogP contribution < -0.4 is 31.8 Å². The van der Waals surface area contributed by atoms with Crippen molar-refractivity contribution < 1.29 is 33.9 Å². The molecule has 250 valence electrons. The number of carboxylic acid groups (broad SMARTS) is 1. The normalized spacial score (nSPS) is 27.0. The van der Waals surface area contributed by atoms with Gasteiger partial charge in [0.25, 0.3) is 0 Å². The number of carboxylic acids is 1. The third-order valence-electron chi connectivity index (χ3n) is 8.63. The Kier molecular flexibility index (Phi) is 11.4. The number of H-pyrrole nitrogens is 1. The maximum absolute atomic E-state index is 13.9. The third-order valence-corrected chi connectivity index (χ3v) is 8.63. The molecule has 1 aromatic heterocycles. The van der Waals surface area contributed by atoms with Crippen molar-refractivity contribution in [2.45, 2.75) is 103 Å². The van der Waals surface area contributed by atoms with Gasteiger partial charge in [0.05, 0.1) is 12.5 Å². The minimum absolute atomic E-state index is 0.0734. The molecule has 3 heterocycles. The summed E-state index contributed by atoms with van der Waals surface area (Å²) in [6, 6.07) is -5.29. The molecule has 6 N–H and O–H groups in total. The minimum Gasteiger partial charge on any atom is -0.481 e. The molecule has 2 aliphatic heterocycles. The number of ketones is 1. The van der Waals surface area contributed by atoms with Gasteiger partial charge in [-0.25, -0.2) is 0 Å². The van der Waals surface area contributed by atoms with Crippen molar-refractivity contribution in [1.82, 2.24) is 31.2 Å². The number of amides is 4. The molecule has 5 unspecified atom stereocenters. The zero-order valence-electron chi connectivity index (χ0n) is 26.9. The highest BCUT2D eigenvalue weighted by molar-refractivity contribution is 6.00. The molecule has 1 saturated heterocycles. The average molecular weight is 639 g/mol. The van der Waals surface area contributed by atoms with Crippen LogP contribution in [0.15, 0.2) is 18.5 Å². The second kappa shape index (κ2) is 15.2. The van der Waals surface area contributed by atoms with E-state index in [1.165, 1.54) is 17.2 Å². The summed E-state index contributed by atoms with van der Waals surface area (Å²) in [5.74, 6) is -4.36. The van der Waals surface area contributed by atoms with Crippen LogP contribution >= 0.6 is 0 Å². The van der Waals surface area contributed by atoms with Crippen molar-refractivity contribution in [2.24, 2.45) is 11.8 Å². The number of aromatic amines is 1. The Labute approximate surface area is 268 Å². The summed E-state index contributed by atoms with van der Waals surface area (Å²) >= 11 is 0. The summed E-state index contributed by atoms with van der Waals surface area (Å²) in [6.07, 6.45) is 10.8. The van der Waals surface area contributed by atoms with Gasteiger partial charge in [0.2, 0.25) is 23.6 Å². The number of hydrogen-bond donors (Lipinski definition) is 6. The average Bonchev–Trinajstić information content (AvgIpc) is 3.65. The third kappa shape index (κ3) is 8.43. The molecule has 5 atom stereocenters. The molecule has 13 heteroatoms. The summed E-state index contributed by atoms with van der Waals surface area (Å²) in [4.78, 5) is 84.5. The molecule has 1 aliphatic carbocycles. The van der Waals surface area contributed by atoms with E-state index in [0.717, 1.165) is 29.0 Å². The number of nitrogens with zero attached hydrogens (tertiary/aromatic N) is 1. The van der Waals surface area contributed by atoms with E-state index in [4.69, 9.17) is 0 Å². The van der Waals surface area contributed by atoms with E-state index >= 15 is 0 Å². The van der Waals surface area contributed by atoms with Crippen LogP contribution in [-0.2, 0) is 35.2 Å². The lowest BCUT2D eigenvalue weighted by molar-refractivity contribution is -0.146. The first-order valence-corrected chi connectivity index (χ1v) is 16.1. The van der Waals surface area contributed by atoms with Crippen molar-refractivity contribution in [2.75, 3.05) is 6.54 Å². The molecule has 4 amide bonds. The van der Waals surface area contributed by atoms with E-state index in [1.807, 2.05) is 13.8 Å². The maximum Gasteiger partial charge on any atom is 0.305 e. The number of hydrogen-bond acceptors (Lipinski definition) is 7. The SMILES string of the molecule is CC(C)CC1N/C=C/C(=O)C(C(C)C)NC(=O)C2CCCN2C(=O)C(CC(=O)O)NC(=O)C(Cc2c[nH]c3c2=CCCC=3)NC1=O. The van der Waals surface area contributed by atoms with Crippen LogP contribution in [0.2, 0.25) is 0 Å². The Morgan fingerprint density at radius 1 is 0.935 bits per heavy atom. The number of fused-ring (bicyclic) bond motifs is 2. The van der Waals surface area contributed by atoms with Crippen molar-refractivity contribution in [3.05, 3.63) is 34.6 Å². The number of carbonyl (C=O) groups is 6. The van der Waals surface area contributed by atoms with Crippen LogP contribution in [0.1, 0.15) is 71.8 Å². The Bertz CT molecular complexity index is 1500. The number of nitrogens with one attached hydrogen (secondary N) is 5. The van der Waals surface area contributed by atoms with E-state index in [2.05, 4.69) is 38.4 Å². The van der Waals surface area contributed by atoms with Gasteiger partial charge >= 0.3 is 5.97 Å². The van der Waals surface area contributed by atoms with Crippen LogP contribution in [0.25, 0.3) is 12.2 Å². The Balaban J connectivity index is 1.75. The standard InChI is InChI=1S/C33H46N6O7/c1-18(2)14-23-30(43)36-24(15-20-17-35-22-9-6-5-8-21(20)22)31(44)37-25(16-28(41)42)33(46)39-13-7-10-26(39)32(45)38-29(19(3)4)27(40)11-12-34-23/h8-9,11-12,17-19,23-26,29,34-35H,5-7,10,13-16H2,1-4H3,(H,36,43)(H,37,44)(H,38,45)(H,41,42)/b12-11+. The van der Waals surface area contributed by atoms with Gasteiger partial charge in [-0.3, -0.25) is 28.8 Å². The predicted molar refractivity (Wildman–Crippen MR) is 170 cm³/mol. The first-order valence-electron chi connectivity index (χ1n) is 16.1. The lowest BCUT2D eigenvalue weighted by atomic mass is 9.98. The molecule has 4 rings (SSSR count). The first-order chi connectivity index (χ1) is 21.8. The van der Waals surface area contributed by atoms with Crippen molar-refractivity contribution in [3.8, 4) is 0 Å². The topological polar surface area (TPSA) is 190 Å². The predicted octanol–water partition coefficient (Wildman–Crippen LogP) is -0.411. The Morgan fingerprint density at radius 2 is 1.63 bits per heavy atom. The molecule has 3 aliphatic rings. The van der Waals surface area contributed by atoms with E-state index in [9.17, 15) is 33.9 Å². The second-order valence-electron chi connectivity index (χ2n) is 13.1. The second-order valence-corrected chi connectivity index (χ2v) is 13.1. The fourth-order valence-electron chi connectivity index (χ4n) is 6.27. The highest BCUT2D eigenvalue weighted by Gasteiger charge is 2.40. The van der Waals surface area contributed by atoms with E-state index in [1.54, 1.807) is 20.0 Å². The molecular formula is C33H46N6O7. The Hall–Kier alpha value is -4.42. The van der Waals surface area contributed by atoms with Gasteiger partial charge < -0.3 is 36.3 Å². The number of carbonyl (C=O) groups excluding carboxylic acids is 5. The summed E-state index contributed by atoms with van der Waals surface area (Å²) in [7, 11) is 0. The van der Waals surface area contributed by atoms with Gasteiger partial charge in [0.15, 0.2) is 5.78 Å². The molecule has 0 bridgehead atoms. The van der Waals surface area contributed by atoms with E-state index < -0.39 is 66.2 Å². The van der Waals surface area contributed by atoms with Gasteiger partial charge in [0.1, 0.15) is 24.2 Å². The zero-order chi connectivity index (χ0) is 33.5. The number of aromatic nitrogens is 1. The summed E-state index contributed by atoms with van der Waals surface area (Å²) in [5, 5.41) is 22.7. The molecule has 46 heavy (non-hydrogen) atoms. The highest BCUT2D eigenvalue weighted by Crippen LogP contribution is 2.21. The largest absolute Gasteiger partial charge is 0.481 e. The summed E-state index contributed by atoms with van der Waals surface area (Å²) in [5.41, 5.74) is 0.785. The zero-order valence-corrected chi connectivity index (χ0v) is 26.9. The quantitative estimate of drug-likeness (QED) is 0.232. The van der Waals surface area contributed by atoms with Crippen LogP contribution in [0, 0.1) is 11.8 Å². The monoisotopic (exact) mass is 638 g/mol. The number of rotatable bonds is 7. The van der Waals surface area contributed by atoms with Gasteiger partial charge in [-0.1, -0.05) is 39.8 Å². The fraction of sp³-hybridized carbons (Fsp3) is 0.576. The highest BCUT2D eigenvalue weighted by atomic mass is 16.4. The van der Waals surface area contributed by atoms with E-state index in [-0.39, 0.29) is 30.6 Å². The first kappa shape index (κ1) is 34.5.